The van der Waals surface area contributed by atoms with Crippen molar-refractivity contribution in [3.8, 4) is 0 Å². The van der Waals surface area contributed by atoms with Crippen LogP contribution >= 0.6 is 0 Å². The summed E-state index contributed by atoms with van der Waals surface area (Å²) in [6.07, 6.45) is 6.51. The first-order valence-electron chi connectivity index (χ1n) is 9.28. The standard InChI is InChI=1S/C21H22N4O2/c26-20(22-11-10-17-15-24-12-2-1-4-19(24)23-17)14-16-6-8-18(9-7-16)25-13-3-5-21(25)27/h1-2,4,6-9,12,15H,3,5,10-11,13-14H2,(H,22,26). The molecule has 0 saturated carbocycles. The number of benzene rings is 1. The highest BCUT2D eigenvalue weighted by Crippen LogP contribution is 2.21. The Bertz CT molecular complexity index is 929. The van der Waals surface area contributed by atoms with Crippen molar-refractivity contribution in [3.63, 3.8) is 0 Å². The van der Waals surface area contributed by atoms with Crippen molar-refractivity contribution in [1.29, 1.82) is 0 Å². The van der Waals surface area contributed by atoms with Crippen molar-refractivity contribution in [2.75, 3.05) is 18.0 Å². The van der Waals surface area contributed by atoms with Crippen molar-refractivity contribution >= 4 is 23.1 Å². The van der Waals surface area contributed by atoms with Gasteiger partial charge in [0.15, 0.2) is 0 Å². The van der Waals surface area contributed by atoms with Crippen LogP contribution in [0.4, 0.5) is 5.69 Å². The molecule has 6 nitrogen and oxygen atoms in total. The summed E-state index contributed by atoms with van der Waals surface area (Å²) in [5, 5.41) is 2.95. The van der Waals surface area contributed by atoms with Gasteiger partial charge in [-0.3, -0.25) is 9.59 Å². The van der Waals surface area contributed by atoms with Gasteiger partial charge in [0.1, 0.15) is 5.65 Å². The van der Waals surface area contributed by atoms with Crippen LogP contribution in [0.5, 0.6) is 0 Å². The molecule has 3 heterocycles. The molecule has 1 aliphatic heterocycles. The molecule has 0 atom stereocenters. The van der Waals surface area contributed by atoms with E-state index in [9.17, 15) is 9.59 Å². The van der Waals surface area contributed by atoms with Gasteiger partial charge < -0.3 is 14.6 Å². The number of hydrogen-bond acceptors (Lipinski definition) is 3. The average Bonchev–Trinajstić information content (AvgIpc) is 3.28. The number of nitrogens with one attached hydrogen (secondary N) is 1. The maximum absolute atomic E-state index is 12.2. The highest BCUT2D eigenvalue weighted by Gasteiger charge is 2.21. The van der Waals surface area contributed by atoms with E-state index >= 15 is 0 Å². The van der Waals surface area contributed by atoms with Crippen LogP contribution in [0.1, 0.15) is 24.1 Å². The zero-order chi connectivity index (χ0) is 18.6. The van der Waals surface area contributed by atoms with Crippen molar-refractivity contribution in [2.24, 2.45) is 0 Å². The molecule has 6 heteroatoms. The van der Waals surface area contributed by atoms with Gasteiger partial charge in [0.05, 0.1) is 12.1 Å². The molecule has 3 aromatic rings. The molecule has 4 rings (SSSR count). The summed E-state index contributed by atoms with van der Waals surface area (Å²) in [5.41, 5.74) is 3.72. The maximum atomic E-state index is 12.2. The number of hydrogen-bond donors (Lipinski definition) is 1. The van der Waals surface area contributed by atoms with Gasteiger partial charge in [0.25, 0.3) is 0 Å². The number of carbonyl (C=O) groups excluding carboxylic acids is 2. The number of aromatic nitrogens is 2. The number of nitrogens with zero attached hydrogens (tertiary/aromatic N) is 3. The monoisotopic (exact) mass is 362 g/mol. The van der Waals surface area contributed by atoms with Crippen molar-refractivity contribution < 1.29 is 9.59 Å². The van der Waals surface area contributed by atoms with E-state index in [1.165, 1.54) is 0 Å². The third-order valence-corrected chi connectivity index (χ3v) is 4.80. The van der Waals surface area contributed by atoms with E-state index in [2.05, 4.69) is 10.3 Å². The molecule has 1 N–H and O–H groups in total. The molecule has 0 bridgehead atoms. The highest BCUT2D eigenvalue weighted by atomic mass is 16.2. The predicted octanol–water partition coefficient (Wildman–Crippen LogP) is 2.36. The van der Waals surface area contributed by atoms with Gasteiger partial charge in [-0.25, -0.2) is 4.98 Å². The lowest BCUT2D eigenvalue weighted by Crippen LogP contribution is -2.27. The SMILES string of the molecule is O=C(Cc1ccc(N2CCCC2=O)cc1)NCCc1cn2ccccc2n1. The van der Waals surface area contributed by atoms with Crippen LogP contribution in [0.2, 0.25) is 0 Å². The third kappa shape index (κ3) is 4.00. The summed E-state index contributed by atoms with van der Waals surface area (Å²) in [4.78, 5) is 30.3. The molecule has 138 valence electrons. The molecule has 0 radical (unpaired) electrons. The second kappa shape index (κ2) is 7.61. The fourth-order valence-corrected chi connectivity index (χ4v) is 3.40. The van der Waals surface area contributed by atoms with Crippen LogP contribution in [0.25, 0.3) is 5.65 Å². The summed E-state index contributed by atoms with van der Waals surface area (Å²) >= 11 is 0. The highest BCUT2D eigenvalue weighted by molar-refractivity contribution is 5.95. The van der Waals surface area contributed by atoms with Crippen LogP contribution in [-0.4, -0.2) is 34.3 Å². The lowest BCUT2D eigenvalue weighted by atomic mass is 10.1. The van der Waals surface area contributed by atoms with Gasteiger partial charge in [-0.05, 0) is 36.2 Å². The molecular weight excluding hydrogens is 340 g/mol. The summed E-state index contributed by atoms with van der Waals surface area (Å²) in [6.45, 7) is 1.34. The van der Waals surface area contributed by atoms with Crippen LogP contribution in [-0.2, 0) is 22.4 Å². The molecule has 1 aromatic carbocycles. The Morgan fingerprint density at radius 3 is 2.74 bits per heavy atom. The average molecular weight is 362 g/mol. The number of anilines is 1. The van der Waals surface area contributed by atoms with Gasteiger partial charge in [-0.1, -0.05) is 18.2 Å². The molecular formula is C21H22N4O2. The second-order valence-electron chi connectivity index (χ2n) is 6.79. The Hall–Kier alpha value is -3.15. The number of amides is 2. The topological polar surface area (TPSA) is 66.7 Å². The van der Waals surface area contributed by atoms with E-state index in [0.29, 0.717) is 25.8 Å². The smallest absolute Gasteiger partial charge is 0.227 e. The first-order chi connectivity index (χ1) is 13.2. The maximum Gasteiger partial charge on any atom is 0.227 e. The zero-order valence-corrected chi connectivity index (χ0v) is 15.1. The Morgan fingerprint density at radius 1 is 1.15 bits per heavy atom. The van der Waals surface area contributed by atoms with Crippen molar-refractivity contribution in [2.45, 2.75) is 25.7 Å². The number of carbonyl (C=O) groups is 2. The summed E-state index contributed by atoms with van der Waals surface area (Å²) < 4.78 is 1.98. The number of imidazole rings is 1. The quantitative estimate of drug-likeness (QED) is 0.732. The van der Waals surface area contributed by atoms with Crippen molar-refractivity contribution in [1.82, 2.24) is 14.7 Å². The molecule has 2 aromatic heterocycles. The molecule has 1 aliphatic rings. The van der Waals surface area contributed by atoms with Crippen LogP contribution in [0, 0.1) is 0 Å². The third-order valence-electron chi connectivity index (χ3n) is 4.80. The van der Waals surface area contributed by atoms with E-state index in [1.807, 2.05) is 59.3 Å². The molecule has 0 spiro atoms. The van der Waals surface area contributed by atoms with Gasteiger partial charge >= 0.3 is 0 Å². The Morgan fingerprint density at radius 2 is 2.00 bits per heavy atom. The molecule has 0 unspecified atom stereocenters. The summed E-state index contributed by atoms with van der Waals surface area (Å²) in [6, 6.07) is 13.6. The minimum absolute atomic E-state index is 0.0104. The summed E-state index contributed by atoms with van der Waals surface area (Å²) in [7, 11) is 0. The Kier molecular flexibility index (Phi) is 4.87. The predicted molar refractivity (Wildman–Crippen MR) is 104 cm³/mol. The van der Waals surface area contributed by atoms with Crippen LogP contribution in [0.15, 0.2) is 54.9 Å². The van der Waals surface area contributed by atoms with Crippen LogP contribution in [0.3, 0.4) is 0 Å². The molecule has 27 heavy (non-hydrogen) atoms. The summed E-state index contributed by atoms with van der Waals surface area (Å²) in [5.74, 6) is 0.163. The molecule has 0 aliphatic carbocycles. The fraction of sp³-hybridized carbons (Fsp3) is 0.286. The first-order valence-corrected chi connectivity index (χ1v) is 9.28. The number of pyridine rings is 1. The minimum Gasteiger partial charge on any atom is -0.355 e. The molecule has 1 fully saturated rings. The lowest BCUT2D eigenvalue weighted by Gasteiger charge is -2.15. The van der Waals surface area contributed by atoms with E-state index in [-0.39, 0.29) is 11.8 Å². The normalized spacial score (nSPS) is 14.1. The van der Waals surface area contributed by atoms with E-state index < -0.39 is 0 Å². The van der Waals surface area contributed by atoms with Crippen molar-refractivity contribution in [3.05, 3.63) is 66.1 Å². The molecule has 2 amide bonds. The van der Waals surface area contributed by atoms with E-state index in [1.54, 1.807) is 4.90 Å². The Labute approximate surface area is 157 Å². The van der Waals surface area contributed by atoms with E-state index in [4.69, 9.17) is 0 Å². The van der Waals surface area contributed by atoms with Crippen LogP contribution < -0.4 is 10.2 Å². The van der Waals surface area contributed by atoms with Gasteiger partial charge in [-0.2, -0.15) is 0 Å². The largest absolute Gasteiger partial charge is 0.355 e. The van der Waals surface area contributed by atoms with Gasteiger partial charge in [-0.15, -0.1) is 0 Å². The lowest BCUT2D eigenvalue weighted by molar-refractivity contribution is -0.120. The minimum atomic E-state index is -0.0104. The zero-order valence-electron chi connectivity index (χ0n) is 15.1. The number of fused-ring (bicyclic) bond motifs is 1. The fourth-order valence-electron chi connectivity index (χ4n) is 3.40. The van der Waals surface area contributed by atoms with Gasteiger partial charge in [0, 0.05) is 44.0 Å². The number of rotatable bonds is 6. The Balaban J connectivity index is 1.27. The van der Waals surface area contributed by atoms with Gasteiger partial charge in [0.2, 0.25) is 11.8 Å². The second-order valence-corrected chi connectivity index (χ2v) is 6.79. The molecule has 1 saturated heterocycles. The van der Waals surface area contributed by atoms with E-state index in [0.717, 1.165) is 35.6 Å². The first kappa shape index (κ1) is 17.3.